The summed E-state index contributed by atoms with van der Waals surface area (Å²) in [4.78, 5) is 14.7. The van der Waals surface area contributed by atoms with E-state index in [1.54, 1.807) is 24.3 Å². The van der Waals surface area contributed by atoms with Crippen LogP contribution in [0.5, 0.6) is 0 Å². The zero-order chi connectivity index (χ0) is 13.4. The van der Waals surface area contributed by atoms with E-state index in [-0.39, 0.29) is 16.3 Å². The molecule has 0 radical (unpaired) electrons. The number of hydrogen-bond acceptors (Lipinski definition) is 1. The number of rotatable bonds is 1. The molecule has 0 spiro atoms. The Kier molecular flexibility index (Phi) is 2.63. The molecule has 4 heteroatoms. The monoisotopic (exact) mass is 257 g/mol. The fourth-order valence-corrected chi connectivity index (χ4v) is 2.03. The van der Waals surface area contributed by atoms with Gasteiger partial charge in [0, 0.05) is 17.1 Å². The highest BCUT2D eigenvalue weighted by Crippen LogP contribution is 2.21. The van der Waals surface area contributed by atoms with Gasteiger partial charge in [-0.1, -0.05) is 30.3 Å². The molecule has 1 aromatic heterocycles. The molecule has 2 nitrogen and oxygen atoms in total. The Morgan fingerprint density at radius 1 is 0.947 bits per heavy atom. The summed E-state index contributed by atoms with van der Waals surface area (Å²) in [5.74, 6) is -2.01. The number of halogens is 2. The second kappa shape index (κ2) is 4.31. The summed E-state index contributed by atoms with van der Waals surface area (Å²) in [6.07, 6.45) is 0. The normalized spacial score (nSPS) is 10.8. The third kappa shape index (κ3) is 1.91. The summed E-state index contributed by atoms with van der Waals surface area (Å²) >= 11 is 0. The van der Waals surface area contributed by atoms with Crippen molar-refractivity contribution in [1.82, 2.24) is 4.98 Å². The van der Waals surface area contributed by atoms with Gasteiger partial charge in [-0.2, -0.15) is 0 Å². The molecule has 0 aliphatic rings. The van der Waals surface area contributed by atoms with Crippen LogP contribution in [-0.4, -0.2) is 4.98 Å². The first-order valence-electron chi connectivity index (χ1n) is 5.73. The van der Waals surface area contributed by atoms with Crippen LogP contribution < -0.4 is 5.43 Å². The van der Waals surface area contributed by atoms with Crippen LogP contribution in [0.4, 0.5) is 8.78 Å². The Bertz CT molecular complexity index is 809. The molecule has 0 amide bonds. The first-order valence-corrected chi connectivity index (χ1v) is 5.73. The first kappa shape index (κ1) is 11.6. The summed E-state index contributed by atoms with van der Waals surface area (Å²) in [6, 6.07) is 12.6. The standard InChI is InChI=1S/C15H9F2NO/c16-11-7-6-10-13(19)8-12(18-15(10)14(11)17)9-4-2-1-3-5-9/h1-8H,(H,18,19). The molecule has 0 fully saturated rings. The van der Waals surface area contributed by atoms with E-state index in [1.165, 1.54) is 12.1 Å². The number of aromatic nitrogens is 1. The largest absolute Gasteiger partial charge is 0.352 e. The van der Waals surface area contributed by atoms with Crippen LogP contribution in [0, 0.1) is 11.6 Å². The van der Waals surface area contributed by atoms with Crippen molar-refractivity contribution in [3.63, 3.8) is 0 Å². The van der Waals surface area contributed by atoms with E-state index in [0.29, 0.717) is 5.69 Å². The molecule has 94 valence electrons. The van der Waals surface area contributed by atoms with Gasteiger partial charge in [-0.25, -0.2) is 8.78 Å². The molecule has 2 aromatic carbocycles. The smallest absolute Gasteiger partial charge is 0.190 e. The lowest BCUT2D eigenvalue weighted by atomic mass is 10.1. The molecule has 1 heterocycles. The molecule has 19 heavy (non-hydrogen) atoms. The maximum Gasteiger partial charge on any atom is 0.190 e. The van der Waals surface area contributed by atoms with Gasteiger partial charge < -0.3 is 4.98 Å². The average Bonchev–Trinajstić information content (AvgIpc) is 2.44. The van der Waals surface area contributed by atoms with E-state index in [2.05, 4.69) is 4.98 Å². The van der Waals surface area contributed by atoms with Crippen molar-refractivity contribution in [3.8, 4) is 11.3 Å². The van der Waals surface area contributed by atoms with Crippen LogP contribution in [0.15, 0.2) is 53.3 Å². The second-order valence-corrected chi connectivity index (χ2v) is 4.20. The van der Waals surface area contributed by atoms with Crippen molar-refractivity contribution in [2.45, 2.75) is 0 Å². The zero-order valence-corrected chi connectivity index (χ0v) is 9.78. The van der Waals surface area contributed by atoms with Crippen LogP contribution in [0.2, 0.25) is 0 Å². The minimum Gasteiger partial charge on any atom is -0.352 e. The van der Waals surface area contributed by atoms with Gasteiger partial charge in [-0.05, 0) is 17.7 Å². The summed E-state index contributed by atoms with van der Waals surface area (Å²) in [5.41, 5.74) is 0.755. The Morgan fingerprint density at radius 2 is 1.68 bits per heavy atom. The topological polar surface area (TPSA) is 32.9 Å². The molecule has 0 saturated carbocycles. The molecule has 0 aliphatic heterocycles. The number of benzene rings is 2. The van der Waals surface area contributed by atoms with Gasteiger partial charge in [0.1, 0.15) is 0 Å². The summed E-state index contributed by atoms with van der Waals surface area (Å²) in [5, 5.41) is 0.138. The van der Waals surface area contributed by atoms with Crippen molar-refractivity contribution >= 4 is 10.9 Å². The van der Waals surface area contributed by atoms with E-state index in [0.717, 1.165) is 11.6 Å². The van der Waals surface area contributed by atoms with Crippen molar-refractivity contribution < 1.29 is 8.78 Å². The minimum absolute atomic E-state index is 0.105. The van der Waals surface area contributed by atoms with Gasteiger partial charge in [-0.3, -0.25) is 4.79 Å². The Balaban J connectivity index is 2.36. The SMILES string of the molecule is O=c1cc(-c2ccccc2)[nH]c2c(F)c(F)ccc12. The van der Waals surface area contributed by atoms with E-state index in [9.17, 15) is 13.6 Å². The highest BCUT2D eigenvalue weighted by Gasteiger charge is 2.11. The Hall–Kier alpha value is -2.49. The van der Waals surface area contributed by atoms with E-state index in [4.69, 9.17) is 0 Å². The van der Waals surface area contributed by atoms with Crippen molar-refractivity contribution in [2.24, 2.45) is 0 Å². The number of fused-ring (bicyclic) bond motifs is 1. The van der Waals surface area contributed by atoms with Crippen molar-refractivity contribution in [2.75, 3.05) is 0 Å². The van der Waals surface area contributed by atoms with Crippen molar-refractivity contribution in [1.29, 1.82) is 0 Å². The number of nitrogens with one attached hydrogen (secondary N) is 1. The predicted molar refractivity (Wildman–Crippen MR) is 69.9 cm³/mol. The highest BCUT2D eigenvalue weighted by atomic mass is 19.2. The highest BCUT2D eigenvalue weighted by molar-refractivity contribution is 5.82. The fourth-order valence-electron chi connectivity index (χ4n) is 2.03. The lowest BCUT2D eigenvalue weighted by molar-refractivity contribution is 0.515. The molecular weight excluding hydrogens is 248 g/mol. The van der Waals surface area contributed by atoms with E-state index in [1.807, 2.05) is 6.07 Å². The number of H-pyrrole nitrogens is 1. The van der Waals surface area contributed by atoms with E-state index >= 15 is 0 Å². The van der Waals surface area contributed by atoms with E-state index < -0.39 is 11.6 Å². The van der Waals surface area contributed by atoms with Gasteiger partial charge >= 0.3 is 0 Å². The minimum atomic E-state index is -1.03. The maximum atomic E-state index is 13.7. The van der Waals surface area contributed by atoms with Gasteiger partial charge in [0.15, 0.2) is 17.1 Å². The average molecular weight is 257 g/mol. The van der Waals surface area contributed by atoms with Crippen LogP contribution in [0.1, 0.15) is 0 Å². The Morgan fingerprint density at radius 3 is 2.42 bits per heavy atom. The molecule has 1 N–H and O–H groups in total. The summed E-state index contributed by atoms with van der Waals surface area (Å²) in [7, 11) is 0. The maximum absolute atomic E-state index is 13.7. The molecule has 0 saturated heterocycles. The molecular formula is C15H9F2NO. The molecule has 0 aliphatic carbocycles. The van der Waals surface area contributed by atoms with Gasteiger partial charge in [0.25, 0.3) is 0 Å². The lowest BCUT2D eigenvalue weighted by Gasteiger charge is -2.05. The van der Waals surface area contributed by atoms with Gasteiger partial charge in [-0.15, -0.1) is 0 Å². The van der Waals surface area contributed by atoms with Gasteiger partial charge in [0.2, 0.25) is 0 Å². The second-order valence-electron chi connectivity index (χ2n) is 4.20. The fraction of sp³-hybridized carbons (Fsp3) is 0. The van der Waals surface area contributed by atoms with Gasteiger partial charge in [0.05, 0.1) is 5.52 Å². The molecule has 3 rings (SSSR count). The van der Waals surface area contributed by atoms with Crippen LogP contribution in [-0.2, 0) is 0 Å². The summed E-state index contributed by atoms with van der Waals surface area (Å²) in [6.45, 7) is 0. The molecule has 0 atom stereocenters. The first-order chi connectivity index (χ1) is 9.16. The van der Waals surface area contributed by atoms with Crippen molar-refractivity contribution in [3.05, 3.63) is 70.4 Å². The zero-order valence-electron chi connectivity index (χ0n) is 9.78. The number of pyridine rings is 1. The number of aromatic amines is 1. The predicted octanol–water partition coefficient (Wildman–Crippen LogP) is 3.47. The Labute approximate surface area is 107 Å². The lowest BCUT2D eigenvalue weighted by Crippen LogP contribution is -2.05. The molecule has 0 bridgehead atoms. The molecule has 3 aromatic rings. The quantitative estimate of drug-likeness (QED) is 0.711. The van der Waals surface area contributed by atoms with Crippen LogP contribution in [0.25, 0.3) is 22.2 Å². The third-order valence-electron chi connectivity index (χ3n) is 2.98. The summed E-state index contributed by atoms with van der Waals surface area (Å²) < 4.78 is 26.9. The molecule has 0 unspecified atom stereocenters. The third-order valence-corrected chi connectivity index (χ3v) is 2.98. The van der Waals surface area contributed by atoms with Crippen LogP contribution in [0.3, 0.4) is 0 Å². The number of hydrogen-bond donors (Lipinski definition) is 1. The van der Waals surface area contributed by atoms with Crippen LogP contribution >= 0.6 is 0 Å².